The highest BCUT2D eigenvalue weighted by Gasteiger charge is 2.10. The predicted molar refractivity (Wildman–Crippen MR) is 81.5 cm³/mol. The van der Waals surface area contributed by atoms with Gasteiger partial charge in [-0.2, -0.15) is 0 Å². The summed E-state index contributed by atoms with van der Waals surface area (Å²) in [7, 11) is 0. The fourth-order valence-corrected chi connectivity index (χ4v) is 1.86. The van der Waals surface area contributed by atoms with Crippen molar-refractivity contribution >= 4 is 5.91 Å². The number of ether oxygens (including phenoxy) is 1. The number of hydrogen-bond acceptors (Lipinski definition) is 5. The zero-order chi connectivity index (χ0) is 15.9. The van der Waals surface area contributed by atoms with Gasteiger partial charge in [0.2, 0.25) is 0 Å². The molecule has 1 aromatic heterocycles. The molecule has 7 nitrogen and oxygen atoms in total. The van der Waals surface area contributed by atoms with E-state index in [4.69, 9.17) is 4.74 Å². The standard InChI is InChI=1S/C15H21N5O2/c1-4-11(3)16-15(21)12-7-6-8-13(9-12)22-10-14-17-18-19-20(14)5-2/h6-9,11H,4-5,10H2,1-3H3,(H,16,21). The van der Waals surface area contributed by atoms with Gasteiger partial charge in [0.15, 0.2) is 5.82 Å². The topological polar surface area (TPSA) is 81.9 Å². The van der Waals surface area contributed by atoms with E-state index in [-0.39, 0.29) is 18.6 Å². The van der Waals surface area contributed by atoms with Gasteiger partial charge in [-0.05, 0) is 48.9 Å². The summed E-state index contributed by atoms with van der Waals surface area (Å²) in [6.07, 6.45) is 0.890. The second-order valence-electron chi connectivity index (χ2n) is 5.01. The fraction of sp³-hybridized carbons (Fsp3) is 0.467. The van der Waals surface area contributed by atoms with Gasteiger partial charge < -0.3 is 10.1 Å². The Morgan fingerprint density at radius 1 is 1.41 bits per heavy atom. The lowest BCUT2D eigenvalue weighted by molar-refractivity contribution is 0.0938. The molecule has 0 bridgehead atoms. The molecule has 1 heterocycles. The lowest BCUT2D eigenvalue weighted by Gasteiger charge is -2.12. The largest absolute Gasteiger partial charge is 0.486 e. The first-order valence-electron chi connectivity index (χ1n) is 7.42. The number of benzene rings is 1. The minimum absolute atomic E-state index is 0.0989. The van der Waals surface area contributed by atoms with E-state index < -0.39 is 0 Å². The number of carbonyl (C=O) groups is 1. The zero-order valence-corrected chi connectivity index (χ0v) is 13.1. The summed E-state index contributed by atoms with van der Waals surface area (Å²) in [6, 6.07) is 7.23. The lowest BCUT2D eigenvalue weighted by Crippen LogP contribution is -2.31. The van der Waals surface area contributed by atoms with E-state index in [1.165, 1.54) is 0 Å². The van der Waals surface area contributed by atoms with Gasteiger partial charge in [0.25, 0.3) is 5.91 Å². The Hall–Kier alpha value is -2.44. The van der Waals surface area contributed by atoms with Crippen LogP contribution in [0.1, 0.15) is 43.4 Å². The maximum atomic E-state index is 12.1. The number of aromatic nitrogens is 4. The molecule has 118 valence electrons. The monoisotopic (exact) mass is 303 g/mol. The van der Waals surface area contributed by atoms with Crippen LogP contribution in [0, 0.1) is 0 Å². The average molecular weight is 303 g/mol. The van der Waals surface area contributed by atoms with Crippen molar-refractivity contribution in [3.63, 3.8) is 0 Å². The quantitative estimate of drug-likeness (QED) is 0.843. The van der Waals surface area contributed by atoms with Crippen molar-refractivity contribution < 1.29 is 9.53 Å². The number of nitrogens with one attached hydrogen (secondary N) is 1. The molecule has 1 aromatic carbocycles. The molecule has 1 N–H and O–H groups in total. The summed E-state index contributed by atoms with van der Waals surface area (Å²) in [5, 5.41) is 14.3. The summed E-state index contributed by atoms with van der Waals surface area (Å²) < 4.78 is 7.34. The summed E-state index contributed by atoms with van der Waals surface area (Å²) in [6.45, 7) is 6.91. The highest BCUT2D eigenvalue weighted by molar-refractivity contribution is 5.94. The van der Waals surface area contributed by atoms with Crippen LogP contribution in [0.3, 0.4) is 0 Å². The minimum Gasteiger partial charge on any atom is -0.486 e. The van der Waals surface area contributed by atoms with Crippen LogP contribution in [-0.4, -0.2) is 32.2 Å². The number of amides is 1. The van der Waals surface area contributed by atoms with Crippen LogP contribution in [0.15, 0.2) is 24.3 Å². The Balaban J connectivity index is 2.01. The Bertz CT molecular complexity index is 626. The van der Waals surface area contributed by atoms with E-state index in [1.807, 2.05) is 20.8 Å². The molecule has 1 amide bonds. The molecule has 1 atom stereocenters. The van der Waals surface area contributed by atoms with Crippen molar-refractivity contribution in [1.29, 1.82) is 0 Å². The first-order valence-corrected chi connectivity index (χ1v) is 7.42. The van der Waals surface area contributed by atoms with Crippen LogP contribution < -0.4 is 10.1 Å². The number of carbonyl (C=O) groups excluding carboxylic acids is 1. The van der Waals surface area contributed by atoms with Crippen molar-refractivity contribution in [2.45, 2.75) is 46.4 Å². The molecule has 0 radical (unpaired) electrons. The molecule has 0 aliphatic rings. The van der Waals surface area contributed by atoms with Crippen molar-refractivity contribution in [2.24, 2.45) is 0 Å². The lowest BCUT2D eigenvalue weighted by atomic mass is 10.2. The summed E-state index contributed by atoms with van der Waals surface area (Å²) in [5.41, 5.74) is 0.577. The van der Waals surface area contributed by atoms with E-state index in [9.17, 15) is 4.79 Å². The molecule has 1 unspecified atom stereocenters. The van der Waals surface area contributed by atoms with Crippen LogP contribution in [0.5, 0.6) is 5.75 Å². The molecule has 0 aliphatic heterocycles. The minimum atomic E-state index is -0.0989. The first kappa shape index (κ1) is 15.9. The number of tetrazole rings is 1. The molecular formula is C15H21N5O2. The maximum absolute atomic E-state index is 12.1. The van der Waals surface area contributed by atoms with Gasteiger partial charge in [-0.3, -0.25) is 4.79 Å². The number of hydrogen-bond donors (Lipinski definition) is 1. The Kier molecular flexibility index (Phi) is 5.46. The predicted octanol–water partition coefficient (Wildman–Crippen LogP) is 1.80. The van der Waals surface area contributed by atoms with Crippen LogP contribution in [0.4, 0.5) is 0 Å². The van der Waals surface area contributed by atoms with Crippen LogP contribution in [-0.2, 0) is 13.2 Å². The number of aryl methyl sites for hydroxylation is 1. The van der Waals surface area contributed by atoms with Gasteiger partial charge in [-0.1, -0.05) is 13.0 Å². The maximum Gasteiger partial charge on any atom is 0.251 e. The third-order valence-electron chi connectivity index (χ3n) is 3.36. The highest BCUT2D eigenvalue weighted by atomic mass is 16.5. The first-order chi connectivity index (χ1) is 10.6. The Morgan fingerprint density at radius 3 is 2.95 bits per heavy atom. The van der Waals surface area contributed by atoms with Crippen molar-refractivity contribution in [3.05, 3.63) is 35.7 Å². The summed E-state index contributed by atoms with van der Waals surface area (Å²) >= 11 is 0. The van der Waals surface area contributed by atoms with Crippen molar-refractivity contribution in [1.82, 2.24) is 25.5 Å². The molecule has 0 saturated heterocycles. The SMILES string of the molecule is CCC(C)NC(=O)c1cccc(OCc2nnnn2CC)c1. The molecule has 0 saturated carbocycles. The van der Waals surface area contributed by atoms with Gasteiger partial charge in [0.1, 0.15) is 12.4 Å². The molecule has 0 spiro atoms. The van der Waals surface area contributed by atoms with E-state index >= 15 is 0 Å². The molecule has 0 fully saturated rings. The van der Waals surface area contributed by atoms with Crippen molar-refractivity contribution in [2.75, 3.05) is 0 Å². The molecule has 2 aromatic rings. The summed E-state index contributed by atoms with van der Waals surface area (Å²) in [4.78, 5) is 12.1. The van der Waals surface area contributed by atoms with Gasteiger partial charge in [-0.25, -0.2) is 4.68 Å². The van der Waals surface area contributed by atoms with Crippen molar-refractivity contribution in [3.8, 4) is 5.75 Å². The third-order valence-corrected chi connectivity index (χ3v) is 3.36. The summed E-state index contributed by atoms with van der Waals surface area (Å²) in [5.74, 6) is 1.16. The van der Waals surface area contributed by atoms with Crippen LogP contribution in [0.2, 0.25) is 0 Å². The second-order valence-corrected chi connectivity index (χ2v) is 5.01. The number of rotatable bonds is 7. The third kappa shape index (κ3) is 4.03. The van der Waals surface area contributed by atoms with E-state index in [2.05, 4.69) is 20.8 Å². The second kappa shape index (κ2) is 7.53. The fourth-order valence-electron chi connectivity index (χ4n) is 1.86. The number of nitrogens with zero attached hydrogens (tertiary/aromatic N) is 4. The van der Waals surface area contributed by atoms with Crippen LogP contribution in [0.25, 0.3) is 0 Å². The normalized spacial score (nSPS) is 12.0. The van der Waals surface area contributed by atoms with Crippen LogP contribution >= 0.6 is 0 Å². The smallest absolute Gasteiger partial charge is 0.251 e. The van der Waals surface area contributed by atoms with E-state index in [0.717, 1.165) is 6.42 Å². The van der Waals surface area contributed by atoms with E-state index in [0.29, 0.717) is 23.7 Å². The zero-order valence-electron chi connectivity index (χ0n) is 13.1. The van der Waals surface area contributed by atoms with Gasteiger partial charge in [0.05, 0.1) is 0 Å². The molecule has 7 heteroatoms. The van der Waals surface area contributed by atoms with E-state index in [1.54, 1.807) is 28.9 Å². The molecule has 0 aliphatic carbocycles. The average Bonchev–Trinajstić information content (AvgIpc) is 3.00. The Labute approximate surface area is 129 Å². The molecule has 2 rings (SSSR count). The van der Waals surface area contributed by atoms with Gasteiger partial charge >= 0.3 is 0 Å². The van der Waals surface area contributed by atoms with Gasteiger partial charge in [-0.15, -0.1) is 5.10 Å². The molecular weight excluding hydrogens is 282 g/mol. The highest BCUT2D eigenvalue weighted by Crippen LogP contribution is 2.15. The van der Waals surface area contributed by atoms with Gasteiger partial charge in [0, 0.05) is 18.2 Å². The Morgan fingerprint density at radius 2 is 2.23 bits per heavy atom. The molecule has 22 heavy (non-hydrogen) atoms.